The van der Waals surface area contributed by atoms with Crippen LogP contribution in [0, 0.1) is 3.57 Å². The van der Waals surface area contributed by atoms with E-state index in [1.54, 1.807) is 20.4 Å². The van der Waals surface area contributed by atoms with Gasteiger partial charge >= 0.3 is 0 Å². The highest BCUT2D eigenvalue weighted by atomic mass is 127. The minimum absolute atomic E-state index is 0.0698. The van der Waals surface area contributed by atoms with Gasteiger partial charge in [0.05, 0.1) is 26.2 Å². The van der Waals surface area contributed by atoms with Crippen molar-refractivity contribution >= 4 is 50.9 Å². The molecule has 0 atom stereocenters. The number of rotatable bonds is 11. The normalized spacial score (nSPS) is 10.7. The number of ether oxygens (including phenoxy) is 3. The van der Waals surface area contributed by atoms with Crippen LogP contribution >= 0.6 is 22.6 Å². The Morgan fingerprint density at radius 1 is 0.892 bits per heavy atom. The fourth-order valence-electron chi connectivity index (χ4n) is 3.88. The Hall–Kier alpha value is -3.66. The van der Waals surface area contributed by atoms with E-state index in [4.69, 9.17) is 14.2 Å². The van der Waals surface area contributed by atoms with Crippen LogP contribution in [0.15, 0.2) is 72.9 Å². The first-order valence-corrected chi connectivity index (χ1v) is 12.9. The monoisotopic (exact) mass is 610 g/mol. The maximum absolute atomic E-state index is 12.2. The minimum atomic E-state index is -0.285. The van der Waals surface area contributed by atoms with Gasteiger partial charge in [-0.05, 0) is 89.5 Å². The molecule has 0 bridgehead atoms. The van der Waals surface area contributed by atoms with Crippen molar-refractivity contribution in [2.45, 2.75) is 25.7 Å². The Morgan fingerprint density at radius 3 is 2.30 bits per heavy atom. The van der Waals surface area contributed by atoms with Crippen LogP contribution in [0.3, 0.4) is 0 Å². The molecule has 4 aromatic rings. The van der Waals surface area contributed by atoms with Crippen molar-refractivity contribution < 1.29 is 23.8 Å². The molecule has 0 aliphatic heterocycles. The predicted octanol–water partition coefficient (Wildman–Crippen LogP) is 6.57. The summed E-state index contributed by atoms with van der Waals surface area (Å²) in [5, 5.41) is 3.58. The fourth-order valence-corrected chi connectivity index (χ4v) is 4.24. The second-order valence-electron chi connectivity index (χ2n) is 8.40. The highest BCUT2D eigenvalue weighted by Gasteiger charge is 2.12. The van der Waals surface area contributed by atoms with Crippen LogP contribution in [0.4, 0.5) is 5.69 Å². The lowest BCUT2D eigenvalue weighted by Crippen LogP contribution is -2.16. The van der Waals surface area contributed by atoms with Crippen molar-refractivity contribution in [3.8, 4) is 23.0 Å². The quantitative estimate of drug-likeness (QED) is 0.153. The molecule has 37 heavy (non-hydrogen) atoms. The van der Waals surface area contributed by atoms with Crippen LogP contribution in [0.2, 0.25) is 0 Å². The van der Waals surface area contributed by atoms with Crippen molar-refractivity contribution in [1.82, 2.24) is 4.98 Å². The van der Waals surface area contributed by atoms with Gasteiger partial charge in [0.25, 0.3) is 0 Å². The zero-order chi connectivity index (χ0) is 26.2. The van der Waals surface area contributed by atoms with Crippen molar-refractivity contribution in [3.63, 3.8) is 0 Å². The van der Waals surface area contributed by atoms with E-state index < -0.39 is 0 Å². The number of aromatic nitrogens is 1. The Kier molecular flexibility index (Phi) is 8.95. The number of amides is 1. The van der Waals surface area contributed by atoms with Crippen LogP contribution in [0.1, 0.15) is 24.8 Å². The maximum Gasteiger partial charge on any atom is 0.231 e. The molecular formula is C29H27IN2O5. The van der Waals surface area contributed by atoms with Gasteiger partial charge in [-0.3, -0.25) is 14.6 Å². The molecule has 7 nitrogen and oxygen atoms in total. The molecular weight excluding hydrogens is 583 g/mol. The summed E-state index contributed by atoms with van der Waals surface area (Å²) in [6.45, 7) is 0. The van der Waals surface area contributed by atoms with E-state index in [0.29, 0.717) is 41.5 Å². The number of Topliss-reactive ketones (excluding diaryl/α,β-unsaturated/α-hetero) is 1. The van der Waals surface area contributed by atoms with Crippen molar-refractivity contribution in [2.24, 2.45) is 0 Å². The zero-order valence-electron chi connectivity index (χ0n) is 20.6. The molecule has 1 amide bonds. The maximum atomic E-state index is 12.2. The van der Waals surface area contributed by atoms with Gasteiger partial charge in [-0.25, -0.2) is 0 Å². The predicted molar refractivity (Wildman–Crippen MR) is 152 cm³/mol. The molecule has 0 fully saturated rings. The molecule has 1 heterocycles. The van der Waals surface area contributed by atoms with E-state index in [-0.39, 0.29) is 18.1 Å². The molecule has 0 radical (unpaired) electrons. The number of ketones is 1. The molecule has 8 heteroatoms. The second kappa shape index (κ2) is 12.5. The Bertz CT molecular complexity index is 1390. The second-order valence-corrected chi connectivity index (χ2v) is 9.65. The third kappa shape index (κ3) is 7.19. The number of hydrogen-bond acceptors (Lipinski definition) is 6. The molecule has 1 N–H and O–H groups in total. The van der Waals surface area contributed by atoms with Crippen LogP contribution < -0.4 is 19.5 Å². The first kappa shape index (κ1) is 26.4. The summed E-state index contributed by atoms with van der Waals surface area (Å²) in [5.74, 6) is 2.20. The lowest BCUT2D eigenvalue weighted by molar-refractivity contribution is -0.125. The molecule has 0 spiro atoms. The minimum Gasteiger partial charge on any atom is -0.493 e. The third-order valence-electron chi connectivity index (χ3n) is 5.76. The number of anilines is 1. The number of fused-ring (bicyclic) bond motifs is 1. The highest BCUT2D eigenvalue weighted by Crippen LogP contribution is 2.36. The first-order chi connectivity index (χ1) is 17.9. The average Bonchev–Trinajstić information content (AvgIpc) is 2.90. The Morgan fingerprint density at radius 2 is 1.59 bits per heavy atom. The standard InChI is InChI=1S/C29H27IN2O5/c1-35-27-17-24-25(18-28(27)36-2)31-15-14-26(24)37-23-12-6-19(7-13-23)4-3-5-22(33)16-29(34)32-21-10-8-20(30)9-11-21/h6-15,17-18H,3-5,16H2,1-2H3,(H,32,34). The summed E-state index contributed by atoms with van der Waals surface area (Å²) in [6, 6.07) is 20.7. The summed E-state index contributed by atoms with van der Waals surface area (Å²) in [7, 11) is 3.18. The SMILES string of the molecule is COc1cc2nccc(Oc3ccc(CCCC(=O)CC(=O)Nc4ccc(I)cc4)cc3)c2cc1OC. The molecule has 0 unspecified atom stereocenters. The highest BCUT2D eigenvalue weighted by molar-refractivity contribution is 14.1. The summed E-state index contributed by atoms with van der Waals surface area (Å²) in [5.41, 5.74) is 2.53. The van der Waals surface area contributed by atoms with E-state index in [1.165, 1.54) is 0 Å². The van der Waals surface area contributed by atoms with E-state index in [1.807, 2.05) is 66.7 Å². The van der Waals surface area contributed by atoms with Crippen LogP contribution in [0.25, 0.3) is 10.9 Å². The average molecular weight is 610 g/mol. The Balaban J connectivity index is 1.29. The van der Waals surface area contributed by atoms with Gasteiger partial charge in [-0.15, -0.1) is 0 Å². The van der Waals surface area contributed by atoms with Gasteiger partial charge < -0.3 is 19.5 Å². The van der Waals surface area contributed by atoms with E-state index >= 15 is 0 Å². The summed E-state index contributed by atoms with van der Waals surface area (Å²) < 4.78 is 18.0. The number of pyridine rings is 1. The third-order valence-corrected chi connectivity index (χ3v) is 6.48. The molecule has 3 aromatic carbocycles. The number of nitrogens with one attached hydrogen (secondary N) is 1. The number of benzene rings is 3. The van der Waals surface area contributed by atoms with Gasteiger partial charge in [0.2, 0.25) is 5.91 Å². The number of nitrogens with zero attached hydrogens (tertiary/aromatic N) is 1. The van der Waals surface area contributed by atoms with Gasteiger partial charge in [0, 0.05) is 33.3 Å². The van der Waals surface area contributed by atoms with Crippen LogP contribution in [-0.2, 0) is 16.0 Å². The molecule has 190 valence electrons. The molecule has 0 saturated carbocycles. The summed E-state index contributed by atoms with van der Waals surface area (Å²) in [4.78, 5) is 28.8. The zero-order valence-corrected chi connectivity index (χ0v) is 22.8. The molecule has 0 saturated heterocycles. The topological polar surface area (TPSA) is 86.8 Å². The van der Waals surface area contributed by atoms with Crippen molar-refractivity contribution in [1.29, 1.82) is 0 Å². The van der Waals surface area contributed by atoms with Crippen LogP contribution in [-0.4, -0.2) is 30.9 Å². The number of aryl methyl sites for hydroxylation is 1. The number of carbonyl (C=O) groups excluding carboxylic acids is 2. The molecule has 0 aliphatic carbocycles. The molecule has 1 aromatic heterocycles. The van der Waals surface area contributed by atoms with E-state index in [9.17, 15) is 9.59 Å². The Labute approximate surface area is 229 Å². The lowest BCUT2D eigenvalue weighted by atomic mass is 10.1. The number of carbonyl (C=O) groups is 2. The lowest BCUT2D eigenvalue weighted by Gasteiger charge is -2.12. The summed E-state index contributed by atoms with van der Waals surface area (Å²) >= 11 is 2.20. The van der Waals surface area contributed by atoms with Crippen molar-refractivity contribution in [2.75, 3.05) is 19.5 Å². The molecule has 4 rings (SSSR count). The van der Waals surface area contributed by atoms with Gasteiger partial charge in [0.1, 0.15) is 17.3 Å². The summed E-state index contributed by atoms with van der Waals surface area (Å²) in [6.07, 6.45) is 3.34. The number of hydrogen-bond donors (Lipinski definition) is 1. The van der Waals surface area contributed by atoms with Crippen LogP contribution in [0.5, 0.6) is 23.0 Å². The number of halogens is 1. The van der Waals surface area contributed by atoms with Crippen molar-refractivity contribution in [3.05, 3.63) is 82.1 Å². The smallest absolute Gasteiger partial charge is 0.231 e. The molecule has 0 aliphatic rings. The fraction of sp³-hybridized carbons (Fsp3) is 0.207. The van der Waals surface area contributed by atoms with E-state index in [0.717, 1.165) is 26.5 Å². The number of methoxy groups -OCH3 is 2. The first-order valence-electron chi connectivity index (χ1n) is 11.8. The van der Waals surface area contributed by atoms with Gasteiger partial charge in [-0.1, -0.05) is 12.1 Å². The van der Waals surface area contributed by atoms with Gasteiger partial charge in [-0.2, -0.15) is 0 Å². The van der Waals surface area contributed by atoms with E-state index in [2.05, 4.69) is 32.9 Å². The van der Waals surface area contributed by atoms with Gasteiger partial charge in [0.15, 0.2) is 11.5 Å². The largest absolute Gasteiger partial charge is 0.493 e.